The number of likely N-dealkylation sites (N-methyl/N-ethyl adjacent to an activating group) is 1. The molecule has 1 aliphatic rings. The zero-order valence-electron chi connectivity index (χ0n) is 14.4. The molecular formula is C19H18N2O4S. The largest absolute Gasteiger partial charge is 0.324 e. The van der Waals surface area contributed by atoms with Crippen molar-refractivity contribution in [2.24, 2.45) is 0 Å². The van der Waals surface area contributed by atoms with Crippen molar-refractivity contribution in [1.82, 2.24) is 9.62 Å². The van der Waals surface area contributed by atoms with E-state index in [0.29, 0.717) is 5.56 Å². The fourth-order valence-electron chi connectivity index (χ4n) is 2.94. The highest BCUT2D eigenvalue weighted by atomic mass is 32.2. The normalized spacial score (nSPS) is 17.5. The topological polar surface area (TPSA) is 83.6 Å². The van der Waals surface area contributed by atoms with Crippen molar-refractivity contribution in [3.63, 3.8) is 0 Å². The van der Waals surface area contributed by atoms with Gasteiger partial charge in [-0.3, -0.25) is 13.9 Å². The van der Waals surface area contributed by atoms with Gasteiger partial charge in [0.05, 0.1) is 4.90 Å². The third-order valence-corrected chi connectivity index (χ3v) is 6.08. The van der Waals surface area contributed by atoms with Gasteiger partial charge in [0.25, 0.3) is 15.9 Å². The third-order valence-electron chi connectivity index (χ3n) is 4.14. The lowest BCUT2D eigenvalue weighted by atomic mass is 10.1. The zero-order valence-corrected chi connectivity index (χ0v) is 15.2. The number of rotatable bonds is 3. The number of hydrogen-bond donors (Lipinski definition) is 1. The Kier molecular flexibility index (Phi) is 4.65. The number of benzene rings is 2. The monoisotopic (exact) mass is 370 g/mol. The standard InChI is InChI=1S/C19H18N2O4S/c1-3-21-17(13(2)20-19(23)14-9-5-4-6-10-14)18(22)15-11-7-8-12-16(15)26(21,24)25/h4-12H,3H2,1-2H3,(H,20,23). The van der Waals surface area contributed by atoms with E-state index in [-0.39, 0.29) is 28.4 Å². The Hall–Kier alpha value is -2.93. The predicted octanol–water partition coefficient (Wildman–Crippen LogP) is 2.56. The van der Waals surface area contributed by atoms with Crippen molar-refractivity contribution in [3.8, 4) is 0 Å². The molecule has 2 aromatic rings. The number of carbonyl (C=O) groups excluding carboxylic acids is 2. The maximum atomic E-state index is 12.9. The van der Waals surface area contributed by atoms with Gasteiger partial charge in [0, 0.05) is 23.4 Å². The summed E-state index contributed by atoms with van der Waals surface area (Å²) in [7, 11) is -3.86. The highest BCUT2D eigenvalue weighted by molar-refractivity contribution is 7.89. The Balaban J connectivity index is 2.09. The first-order chi connectivity index (χ1) is 12.4. The van der Waals surface area contributed by atoms with E-state index < -0.39 is 21.7 Å². The molecule has 1 amide bonds. The van der Waals surface area contributed by atoms with Crippen molar-refractivity contribution in [2.45, 2.75) is 18.7 Å². The fraction of sp³-hybridized carbons (Fsp3) is 0.158. The van der Waals surface area contributed by atoms with Crippen LogP contribution in [-0.2, 0) is 10.0 Å². The minimum atomic E-state index is -3.86. The second-order valence-electron chi connectivity index (χ2n) is 5.79. The maximum Gasteiger partial charge on any atom is 0.265 e. The average Bonchev–Trinajstić information content (AvgIpc) is 2.65. The summed E-state index contributed by atoms with van der Waals surface area (Å²) >= 11 is 0. The first-order valence-electron chi connectivity index (χ1n) is 8.11. The summed E-state index contributed by atoms with van der Waals surface area (Å²) in [5.41, 5.74) is 0.696. The van der Waals surface area contributed by atoms with Gasteiger partial charge in [-0.05, 0) is 38.1 Å². The molecule has 7 heteroatoms. The summed E-state index contributed by atoms with van der Waals surface area (Å²) in [4.78, 5) is 25.3. The molecule has 1 N–H and O–H groups in total. The van der Waals surface area contributed by atoms with Crippen LogP contribution in [0.15, 0.2) is 70.9 Å². The Bertz CT molecular complexity index is 1010. The van der Waals surface area contributed by atoms with E-state index in [1.807, 2.05) is 0 Å². The molecule has 1 heterocycles. The molecule has 26 heavy (non-hydrogen) atoms. The van der Waals surface area contributed by atoms with Gasteiger partial charge in [-0.25, -0.2) is 8.42 Å². The number of Topliss-reactive ketones (excluding diaryl/α,β-unsaturated/α-hetero) is 1. The second kappa shape index (κ2) is 6.76. The summed E-state index contributed by atoms with van der Waals surface area (Å²) in [6.45, 7) is 3.25. The number of sulfonamides is 1. The van der Waals surface area contributed by atoms with E-state index in [0.717, 1.165) is 4.31 Å². The zero-order chi connectivity index (χ0) is 18.9. The number of nitrogens with zero attached hydrogens (tertiary/aromatic N) is 1. The van der Waals surface area contributed by atoms with Crippen molar-refractivity contribution in [1.29, 1.82) is 0 Å². The van der Waals surface area contributed by atoms with Crippen LogP contribution in [0.3, 0.4) is 0 Å². The van der Waals surface area contributed by atoms with Gasteiger partial charge >= 0.3 is 0 Å². The highest BCUT2D eigenvalue weighted by Gasteiger charge is 2.39. The van der Waals surface area contributed by atoms with Gasteiger partial charge in [0.15, 0.2) is 0 Å². The van der Waals surface area contributed by atoms with Gasteiger partial charge in [-0.15, -0.1) is 0 Å². The van der Waals surface area contributed by atoms with Gasteiger partial charge in [-0.2, -0.15) is 0 Å². The highest BCUT2D eigenvalue weighted by Crippen LogP contribution is 2.32. The molecule has 0 bridgehead atoms. The summed E-state index contributed by atoms with van der Waals surface area (Å²) < 4.78 is 26.8. The van der Waals surface area contributed by atoms with Crippen molar-refractivity contribution < 1.29 is 18.0 Å². The molecule has 6 nitrogen and oxygen atoms in total. The van der Waals surface area contributed by atoms with Crippen LogP contribution in [0.5, 0.6) is 0 Å². The van der Waals surface area contributed by atoms with E-state index in [2.05, 4.69) is 5.32 Å². The Morgan fingerprint density at radius 3 is 2.31 bits per heavy atom. The molecule has 134 valence electrons. The number of hydrogen-bond acceptors (Lipinski definition) is 4. The van der Waals surface area contributed by atoms with E-state index in [1.165, 1.54) is 19.1 Å². The fourth-order valence-corrected chi connectivity index (χ4v) is 4.66. The van der Waals surface area contributed by atoms with Crippen molar-refractivity contribution >= 4 is 21.7 Å². The van der Waals surface area contributed by atoms with Gasteiger partial charge in [0.2, 0.25) is 5.78 Å². The Labute approximate surface area is 152 Å². The number of amides is 1. The summed E-state index contributed by atoms with van der Waals surface area (Å²) in [5.74, 6) is -0.834. The lowest BCUT2D eigenvalue weighted by molar-refractivity contribution is 0.0962. The van der Waals surface area contributed by atoms with Crippen LogP contribution in [0.4, 0.5) is 0 Å². The molecule has 3 rings (SSSR count). The maximum absolute atomic E-state index is 12.9. The molecule has 1 aliphatic heterocycles. The summed E-state index contributed by atoms with van der Waals surface area (Å²) in [5, 5.41) is 2.64. The minimum Gasteiger partial charge on any atom is -0.324 e. The molecule has 0 unspecified atom stereocenters. The molecule has 0 aromatic heterocycles. The molecule has 2 aromatic carbocycles. The van der Waals surface area contributed by atoms with E-state index in [1.54, 1.807) is 49.4 Å². The van der Waals surface area contributed by atoms with Crippen LogP contribution < -0.4 is 5.32 Å². The van der Waals surface area contributed by atoms with Crippen LogP contribution in [0.1, 0.15) is 34.6 Å². The molecule has 0 radical (unpaired) electrons. The number of ketones is 1. The van der Waals surface area contributed by atoms with Crippen LogP contribution in [0.25, 0.3) is 0 Å². The minimum absolute atomic E-state index is 0.0159. The lowest BCUT2D eigenvalue weighted by Crippen LogP contribution is -2.41. The lowest BCUT2D eigenvalue weighted by Gasteiger charge is -2.31. The number of carbonyl (C=O) groups is 2. The SMILES string of the molecule is CCN1C(=C(C)NC(=O)c2ccccc2)C(=O)c2ccccc2S1(=O)=O. The van der Waals surface area contributed by atoms with Crippen LogP contribution in [0.2, 0.25) is 0 Å². The van der Waals surface area contributed by atoms with Crippen LogP contribution in [0, 0.1) is 0 Å². The summed E-state index contributed by atoms with van der Waals surface area (Å²) in [6, 6.07) is 14.6. The molecule has 0 saturated heterocycles. The quantitative estimate of drug-likeness (QED) is 0.842. The Morgan fingerprint density at radius 2 is 1.65 bits per heavy atom. The van der Waals surface area contributed by atoms with Gasteiger partial charge in [-0.1, -0.05) is 30.3 Å². The molecule has 0 atom stereocenters. The average molecular weight is 370 g/mol. The predicted molar refractivity (Wildman–Crippen MR) is 96.9 cm³/mol. The van der Waals surface area contributed by atoms with Gasteiger partial charge in [0.1, 0.15) is 5.70 Å². The molecule has 0 spiro atoms. The first-order valence-corrected chi connectivity index (χ1v) is 9.55. The van der Waals surface area contributed by atoms with E-state index in [9.17, 15) is 18.0 Å². The molecule has 0 aliphatic carbocycles. The number of fused-ring (bicyclic) bond motifs is 1. The van der Waals surface area contributed by atoms with E-state index >= 15 is 0 Å². The van der Waals surface area contributed by atoms with E-state index in [4.69, 9.17) is 0 Å². The smallest absolute Gasteiger partial charge is 0.265 e. The number of nitrogens with one attached hydrogen (secondary N) is 1. The second-order valence-corrected chi connectivity index (χ2v) is 7.62. The van der Waals surface area contributed by atoms with Crippen LogP contribution >= 0.6 is 0 Å². The Morgan fingerprint density at radius 1 is 1.04 bits per heavy atom. The molecular weight excluding hydrogens is 352 g/mol. The molecule has 0 fully saturated rings. The molecule has 0 saturated carbocycles. The van der Waals surface area contributed by atoms with Crippen LogP contribution in [-0.4, -0.2) is 31.0 Å². The number of allylic oxidation sites excluding steroid dienone is 2. The first kappa shape index (κ1) is 17.9. The van der Waals surface area contributed by atoms with Crippen molar-refractivity contribution in [2.75, 3.05) is 6.54 Å². The van der Waals surface area contributed by atoms with Crippen molar-refractivity contribution in [3.05, 3.63) is 77.1 Å². The summed E-state index contributed by atoms with van der Waals surface area (Å²) in [6.07, 6.45) is 0. The van der Waals surface area contributed by atoms with Gasteiger partial charge < -0.3 is 5.32 Å². The third kappa shape index (κ3) is 2.90.